The first-order valence-corrected chi connectivity index (χ1v) is 3.15. The van der Waals surface area contributed by atoms with Gasteiger partial charge in [0.15, 0.2) is 17.3 Å². The van der Waals surface area contributed by atoms with Crippen molar-refractivity contribution in [1.29, 1.82) is 0 Å². The second-order valence-electron chi connectivity index (χ2n) is 2.40. The maximum atomic E-state index is 12.8. The van der Waals surface area contributed by atoms with E-state index in [2.05, 4.69) is 0 Å². The van der Waals surface area contributed by atoms with Crippen LogP contribution in [0.2, 0.25) is 0 Å². The Bertz CT molecular complexity index is 233. The number of rotatable bonds is 0. The summed E-state index contributed by atoms with van der Waals surface area (Å²) in [6.45, 7) is 1.33. The van der Waals surface area contributed by atoms with Crippen LogP contribution < -0.4 is 5.73 Å². The van der Waals surface area contributed by atoms with E-state index in [1.807, 2.05) is 0 Å². The van der Waals surface area contributed by atoms with Crippen molar-refractivity contribution in [2.75, 3.05) is 5.73 Å². The van der Waals surface area contributed by atoms with Crippen LogP contribution in [0.15, 0.2) is 0 Å². The Morgan fingerprint density at radius 2 is 1.58 bits per heavy atom. The topological polar surface area (TPSA) is 86.7 Å². The van der Waals surface area contributed by atoms with Gasteiger partial charge < -0.3 is 21.1 Å². The second-order valence-corrected chi connectivity index (χ2v) is 2.40. The van der Waals surface area contributed by atoms with Crippen molar-refractivity contribution in [3.63, 3.8) is 0 Å². The van der Waals surface area contributed by atoms with Crippen molar-refractivity contribution < 1.29 is 19.7 Å². The Morgan fingerprint density at radius 3 is 2.08 bits per heavy atom. The zero-order valence-electron chi connectivity index (χ0n) is 6.30. The van der Waals surface area contributed by atoms with Gasteiger partial charge in [0.05, 0.1) is 5.69 Å². The van der Waals surface area contributed by atoms with Gasteiger partial charge in [-0.2, -0.15) is 0 Å². The van der Waals surface area contributed by atoms with Crippen molar-refractivity contribution >= 4 is 5.69 Å². The molecular weight excluding hydrogens is 165 g/mol. The van der Waals surface area contributed by atoms with Crippen LogP contribution in [0, 0.1) is 12.7 Å². The Kier molecular flexibility index (Phi) is 1.72. The largest absolute Gasteiger partial charge is 0.504 e. The first kappa shape index (κ1) is 8.45. The van der Waals surface area contributed by atoms with E-state index in [-0.39, 0.29) is 11.3 Å². The first-order valence-electron chi connectivity index (χ1n) is 3.15. The highest BCUT2D eigenvalue weighted by Crippen LogP contribution is 2.42. The standard InChI is InChI=1S/C7H8FNO3/c1-2-4(9)3(8)6(11)7(12)5(2)10/h10-12H,9H2,1H3. The number of benzene rings is 1. The number of anilines is 1. The van der Waals surface area contributed by atoms with E-state index in [1.54, 1.807) is 0 Å². The monoisotopic (exact) mass is 173 g/mol. The summed E-state index contributed by atoms with van der Waals surface area (Å²) in [5, 5.41) is 26.8. The van der Waals surface area contributed by atoms with E-state index in [9.17, 15) is 4.39 Å². The highest BCUT2D eigenvalue weighted by atomic mass is 19.1. The molecule has 0 unspecified atom stereocenters. The van der Waals surface area contributed by atoms with E-state index >= 15 is 0 Å². The van der Waals surface area contributed by atoms with Crippen LogP contribution in [0.1, 0.15) is 5.56 Å². The zero-order chi connectivity index (χ0) is 9.46. The lowest BCUT2D eigenvalue weighted by atomic mass is 10.1. The van der Waals surface area contributed by atoms with Crippen molar-refractivity contribution in [2.45, 2.75) is 6.92 Å². The summed E-state index contributed by atoms with van der Waals surface area (Å²) in [6.07, 6.45) is 0. The summed E-state index contributed by atoms with van der Waals surface area (Å²) >= 11 is 0. The number of nitrogen functional groups attached to an aromatic ring is 1. The van der Waals surface area contributed by atoms with Gasteiger partial charge in [-0.05, 0) is 6.92 Å². The molecule has 0 aliphatic heterocycles. The molecule has 0 spiro atoms. The molecule has 0 amide bonds. The molecule has 0 fully saturated rings. The predicted molar refractivity (Wildman–Crippen MR) is 40.5 cm³/mol. The number of nitrogens with two attached hydrogens (primary N) is 1. The lowest BCUT2D eigenvalue weighted by molar-refractivity contribution is 0.351. The van der Waals surface area contributed by atoms with E-state index in [0.717, 1.165) is 0 Å². The average Bonchev–Trinajstić information content (AvgIpc) is 2.08. The van der Waals surface area contributed by atoms with Crippen LogP contribution >= 0.6 is 0 Å². The molecule has 0 heterocycles. The minimum absolute atomic E-state index is 0.00259. The van der Waals surface area contributed by atoms with Crippen LogP contribution in [0.4, 0.5) is 10.1 Å². The summed E-state index contributed by atoms with van der Waals surface area (Å²) < 4.78 is 12.8. The van der Waals surface area contributed by atoms with Gasteiger partial charge in [-0.1, -0.05) is 0 Å². The van der Waals surface area contributed by atoms with E-state index in [1.165, 1.54) is 6.92 Å². The molecule has 0 radical (unpaired) electrons. The predicted octanol–water partition coefficient (Wildman–Crippen LogP) is 0.833. The van der Waals surface area contributed by atoms with Gasteiger partial charge >= 0.3 is 0 Å². The molecule has 5 heteroatoms. The second kappa shape index (κ2) is 2.44. The van der Waals surface area contributed by atoms with Gasteiger partial charge in [0.2, 0.25) is 5.75 Å². The molecule has 5 N–H and O–H groups in total. The molecule has 0 saturated carbocycles. The minimum Gasteiger partial charge on any atom is -0.504 e. The smallest absolute Gasteiger partial charge is 0.203 e. The van der Waals surface area contributed by atoms with Crippen LogP contribution in [0.5, 0.6) is 17.2 Å². The van der Waals surface area contributed by atoms with Gasteiger partial charge in [-0.25, -0.2) is 4.39 Å². The molecule has 4 nitrogen and oxygen atoms in total. The molecule has 0 bridgehead atoms. The van der Waals surface area contributed by atoms with Gasteiger partial charge in [-0.3, -0.25) is 0 Å². The number of hydrogen-bond acceptors (Lipinski definition) is 4. The lowest BCUT2D eigenvalue weighted by Crippen LogP contribution is -1.95. The maximum Gasteiger partial charge on any atom is 0.203 e. The molecular formula is C7H8FNO3. The third-order valence-electron chi connectivity index (χ3n) is 1.65. The quantitative estimate of drug-likeness (QED) is 0.266. The summed E-state index contributed by atoms with van der Waals surface area (Å²) in [7, 11) is 0. The highest BCUT2D eigenvalue weighted by molar-refractivity contribution is 5.65. The van der Waals surface area contributed by atoms with Gasteiger partial charge in [0, 0.05) is 5.56 Å². The Morgan fingerprint density at radius 1 is 1.08 bits per heavy atom. The maximum absolute atomic E-state index is 12.8. The molecule has 1 rings (SSSR count). The number of hydrogen-bond donors (Lipinski definition) is 4. The third kappa shape index (κ3) is 0.903. The van der Waals surface area contributed by atoms with Crippen LogP contribution in [0.3, 0.4) is 0 Å². The van der Waals surface area contributed by atoms with Crippen molar-refractivity contribution in [1.82, 2.24) is 0 Å². The van der Waals surface area contributed by atoms with E-state index in [4.69, 9.17) is 21.1 Å². The number of phenols is 3. The fourth-order valence-corrected chi connectivity index (χ4v) is 0.813. The molecule has 12 heavy (non-hydrogen) atoms. The number of halogens is 1. The minimum atomic E-state index is -1.12. The van der Waals surface area contributed by atoms with Crippen LogP contribution in [-0.4, -0.2) is 15.3 Å². The number of aromatic hydroxyl groups is 3. The van der Waals surface area contributed by atoms with Crippen molar-refractivity contribution in [3.05, 3.63) is 11.4 Å². The molecule has 0 aliphatic carbocycles. The Hall–Kier alpha value is -1.65. The van der Waals surface area contributed by atoms with Crippen LogP contribution in [0.25, 0.3) is 0 Å². The van der Waals surface area contributed by atoms with Crippen molar-refractivity contribution in [2.24, 2.45) is 0 Å². The number of phenolic OH excluding ortho intramolecular Hbond substituents is 3. The fourth-order valence-electron chi connectivity index (χ4n) is 0.813. The fraction of sp³-hybridized carbons (Fsp3) is 0.143. The summed E-state index contributed by atoms with van der Waals surface area (Å²) in [6, 6.07) is 0. The molecule has 0 atom stereocenters. The third-order valence-corrected chi connectivity index (χ3v) is 1.65. The summed E-state index contributed by atoms with van der Waals surface area (Å²) in [5.41, 5.74) is 4.78. The molecule has 1 aromatic carbocycles. The Labute approximate surface area is 67.7 Å². The highest BCUT2D eigenvalue weighted by Gasteiger charge is 2.18. The van der Waals surface area contributed by atoms with Crippen LogP contribution in [-0.2, 0) is 0 Å². The van der Waals surface area contributed by atoms with Gasteiger partial charge in [0.1, 0.15) is 0 Å². The van der Waals surface area contributed by atoms with Crippen molar-refractivity contribution in [3.8, 4) is 17.2 Å². The normalized spacial score (nSPS) is 10.2. The van der Waals surface area contributed by atoms with Gasteiger partial charge in [0.25, 0.3) is 0 Å². The van der Waals surface area contributed by atoms with E-state index in [0.29, 0.717) is 0 Å². The van der Waals surface area contributed by atoms with E-state index < -0.39 is 23.1 Å². The molecule has 0 aromatic heterocycles. The molecule has 1 aromatic rings. The molecule has 0 aliphatic rings. The first-order chi connectivity index (χ1) is 5.46. The summed E-state index contributed by atoms with van der Waals surface area (Å²) in [4.78, 5) is 0. The zero-order valence-corrected chi connectivity index (χ0v) is 6.30. The Balaban J connectivity index is 3.60. The van der Waals surface area contributed by atoms with Gasteiger partial charge in [-0.15, -0.1) is 0 Å². The molecule has 0 saturated heterocycles. The average molecular weight is 173 g/mol. The molecule has 66 valence electrons. The lowest BCUT2D eigenvalue weighted by Gasteiger charge is -2.08. The summed E-state index contributed by atoms with van der Waals surface area (Å²) in [5.74, 6) is -3.65. The SMILES string of the molecule is Cc1c(N)c(F)c(O)c(O)c1O.